The highest BCUT2D eigenvalue weighted by molar-refractivity contribution is 5.80. The highest BCUT2D eigenvalue weighted by Gasteiger charge is 2.14. The van der Waals surface area contributed by atoms with Crippen LogP contribution in [0.3, 0.4) is 0 Å². The number of unbranched alkanes of at least 4 members (excludes halogenated alkanes) is 3. The second-order valence-electron chi connectivity index (χ2n) is 8.33. The summed E-state index contributed by atoms with van der Waals surface area (Å²) in [5.41, 5.74) is 4.05. The molecule has 0 saturated carbocycles. The Labute approximate surface area is 199 Å². The van der Waals surface area contributed by atoms with Gasteiger partial charge in [-0.3, -0.25) is 4.57 Å². The van der Waals surface area contributed by atoms with Crippen LogP contribution in [-0.2, 0) is 19.5 Å². The van der Waals surface area contributed by atoms with Gasteiger partial charge in [-0.15, -0.1) is 5.10 Å². The molecule has 0 aliphatic carbocycles. The summed E-state index contributed by atoms with van der Waals surface area (Å²) in [6, 6.07) is 16.3. The Morgan fingerprint density at radius 1 is 1.00 bits per heavy atom. The smallest absolute Gasteiger partial charge is 0.274 e. The second kappa shape index (κ2) is 11.4. The molecule has 4 aromatic rings. The SMILES string of the molecule is CC=CCc1nn(CCCCCC)c(=O)n1Cc1ccc(-c2ccccc2-c2nnn[nH]2)cc1. The van der Waals surface area contributed by atoms with Gasteiger partial charge in [0, 0.05) is 18.5 Å². The van der Waals surface area contributed by atoms with Gasteiger partial charge in [0.15, 0.2) is 5.82 Å². The molecule has 0 amide bonds. The number of aromatic amines is 1. The van der Waals surface area contributed by atoms with Gasteiger partial charge in [-0.05, 0) is 40.5 Å². The van der Waals surface area contributed by atoms with Crippen molar-refractivity contribution >= 4 is 0 Å². The van der Waals surface area contributed by atoms with Crippen LogP contribution in [0.25, 0.3) is 22.5 Å². The zero-order chi connectivity index (χ0) is 23.8. The first-order valence-corrected chi connectivity index (χ1v) is 11.9. The highest BCUT2D eigenvalue weighted by atomic mass is 16.2. The lowest BCUT2D eigenvalue weighted by molar-refractivity contribution is 0.521. The van der Waals surface area contributed by atoms with E-state index in [9.17, 15) is 4.79 Å². The van der Waals surface area contributed by atoms with Gasteiger partial charge in [0.05, 0.1) is 6.54 Å². The molecule has 1 N–H and O–H groups in total. The molecule has 2 aromatic carbocycles. The van der Waals surface area contributed by atoms with E-state index in [1.54, 1.807) is 9.25 Å². The molecule has 8 heteroatoms. The van der Waals surface area contributed by atoms with E-state index in [2.05, 4.69) is 63.0 Å². The summed E-state index contributed by atoms with van der Waals surface area (Å²) in [5.74, 6) is 1.43. The van der Waals surface area contributed by atoms with E-state index in [1.807, 2.05) is 37.3 Å². The molecule has 0 bridgehead atoms. The van der Waals surface area contributed by atoms with Crippen LogP contribution < -0.4 is 5.69 Å². The fourth-order valence-electron chi connectivity index (χ4n) is 4.04. The molecule has 0 spiro atoms. The van der Waals surface area contributed by atoms with E-state index in [0.717, 1.165) is 40.9 Å². The van der Waals surface area contributed by atoms with Crippen molar-refractivity contribution < 1.29 is 0 Å². The number of aromatic nitrogens is 7. The first-order chi connectivity index (χ1) is 16.7. The van der Waals surface area contributed by atoms with Crippen LogP contribution in [-0.4, -0.2) is 35.0 Å². The van der Waals surface area contributed by atoms with Gasteiger partial charge >= 0.3 is 5.69 Å². The zero-order valence-electron chi connectivity index (χ0n) is 19.8. The maximum Gasteiger partial charge on any atom is 0.346 e. The molecule has 176 valence electrons. The van der Waals surface area contributed by atoms with E-state index in [1.165, 1.54) is 12.8 Å². The molecule has 8 nitrogen and oxygen atoms in total. The van der Waals surface area contributed by atoms with Crippen LogP contribution in [0.2, 0.25) is 0 Å². The van der Waals surface area contributed by atoms with Crippen molar-refractivity contribution in [3.63, 3.8) is 0 Å². The minimum absolute atomic E-state index is 0.0387. The summed E-state index contributed by atoms with van der Waals surface area (Å²) in [5, 5.41) is 18.9. The van der Waals surface area contributed by atoms with Crippen molar-refractivity contribution in [2.45, 2.75) is 59.0 Å². The lowest BCUT2D eigenvalue weighted by atomic mass is 9.98. The normalized spacial score (nSPS) is 11.5. The molecule has 2 heterocycles. The first-order valence-electron chi connectivity index (χ1n) is 11.9. The van der Waals surface area contributed by atoms with Crippen LogP contribution in [0, 0.1) is 0 Å². The van der Waals surface area contributed by atoms with Crippen LogP contribution >= 0.6 is 0 Å². The molecular weight excluding hydrogens is 426 g/mol. The third-order valence-electron chi connectivity index (χ3n) is 5.89. The van der Waals surface area contributed by atoms with Crippen molar-refractivity contribution in [1.82, 2.24) is 35.0 Å². The Hall–Kier alpha value is -3.81. The van der Waals surface area contributed by atoms with Crippen molar-refractivity contribution in [3.05, 3.63) is 82.6 Å². The largest absolute Gasteiger partial charge is 0.346 e. The first kappa shape index (κ1) is 23.4. The maximum atomic E-state index is 13.1. The predicted molar refractivity (Wildman–Crippen MR) is 133 cm³/mol. The molecule has 0 atom stereocenters. The molecule has 0 saturated heterocycles. The Kier molecular flexibility index (Phi) is 7.80. The van der Waals surface area contributed by atoms with Gasteiger partial charge in [-0.2, -0.15) is 5.10 Å². The minimum Gasteiger partial charge on any atom is -0.274 e. The maximum absolute atomic E-state index is 13.1. The quantitative estimate of drug-likeness (QED) is 0.262. The molecule has 0 fully saturated rings. The molecule has 0 aliphatic heterocycles. The Balaban J connectivity index is 1.57. The zero-order valence-corrected chi connectivity index (χ0v) is 19.8. The number of H-pyrrole nitrogens is 1. The molecular formula is C26H31N7O. The summed E-state index contributed by atoms with van der Waals surface area (Å²) >= 11 is 0. The minimum atomic E-state index is -0.0387. The van der Waals surface area contributed by atoms with Gasteiger partial charge in [-0.25, -0.2) is 14.6 Å². The summed E-state index contributed by atoms with van der Waals surface area (Å²) in [4.78, 5) is 13.1. The Morgan fingerprint density at radius 3 is 2.50 bits per heavy atom. The standard InChI is InChI=1S/C26H31N7O/c1-3-5-7-10-18-33-26(34)32(24(29-33)13-6-4-2)19-20-14-16-21(17-15-20)22-11-8-9-12-23(22)25-27-30-31-28-25/h4,6,8-9,11-12,14-17H,3,5,7,10,13,18-19H2,1-2H3,(H,27,28,30,31). The predicted octanol–water partition coefficient (Wildman–Crippen LogP) is 4.64. The average molecular weight is 458 g/mol. The van der Waals surface area contributed by atoms with Crippen molar-refractivity contribution in [3.8, 4) is 22.5 Å². The number of aryl methyl sites for hydroxylation is 1. The topological polar surface area (TPSA) is 94.3 Å². The third-order valence-corrected chi connectivity index (χ3v) is 5.89. The van der Waals surface area contributed by atoms with Gasteiger partial charge in [0.1, 0.15) is 5.82 Å². The van der Waals surface area contributed by atoms with Crippen LogP contribution in [0.4, 0.5) is 0 Å². The summed E-state index contributed by atoms with van der Waals surface area (Å²) in [6.45, 7) is 5.33. The monoisotopic (exact) mass is 457 g/mol. The Bertz CT molecular complexity index is 1270. The lowest BCUT2D eigenvalue weighted by Gasteiger charge is -2.09. The van der Waals surface area contributed by atoms with Gasteiger partial charge in [0.25, 0.3) is 0 Å². The third kappa shape index (κ3) is 5.39. The van der Waals surface area contributed by atoms with Gasteiger partial charge in [0.2, 0.25) is 0 Å². The van der Waals surface area contributed by atoms with E-state index in [-0.39, 0.29) is 5.69 Å². The summed E-state index contributed by atoms with van der Waals surface area (Å²) in [6.07, 6.45) is 9.12. The van der Waals surface area contributed by atoms with Crippen LogP contribution in [0.5, 0.6) is 0 Å². The van der Waals surface area contributed by atoms with Crippen molar-refractivity contribution in [2.75, 3.05) is 0 Å². The average Bonchev–Trinajstić information content (AvgIpc) is 3.50. The molecule has 0 unspecified atom stereocenters. The molecule has 4 rings (SSSR count). The van der Waals surface area contributed by atoms with Gasteiger partial charge in [-0.1, -0.05) is 86.9 Å². The van der Waals surface area contributed by atoms with E-state index < -0.39 is 0 Å². The molecule has 34 heavy (non-hydrogen) atoms. The number of hydrogen-bond acceptors (Lipinski definition) is 5. The number of allylic oxidation sites excluding steroid dienone is 2. The summed E-state index contributed by atoms with van der Waals surface area (Å²) < 4.78 is 3.42. The van der Waals surface area contributed by atoms with Crippen molar-refractivity contribution in [2.24, 2.45) is 0 Å². The summed E-state index contributed by atoms with van der Waals surface area (Å²) in [7, 11) is 0. The van der Waals surface area contributed by atoms with E-state index in [0.29, 0.717) is 25.3 Å². The lowest BCUT2D eigenvalue weighted by Crippen LogP contribution is -2.26. The number of benzene rings is 2. The number of nitrogens with one attached hydrogen (secondary N) is 1. The molecule has 0 aliphatic rings. The van der Waals surface area contributed by atoms with Crippen LogP contribution in [0.1, 0.15) is 50.9 Å². The van der Waals surface area contributed by atoms with E-state index >= 15 is 0 Å². The molecule has 0 radical (unpaired) electrons. The van der Waals surface area contributed by atoms with Gasteiger partial charge < -0.3 is 0 Å². The number of tetrazole rings is 1. The Morgan fingerprint density at radius 2 is 1.79 bits per heavy atom. The number of nitrogens with zero attached hydrogens (tertiary/aromatic N) is 6. The van der Waals surface area contributed by atoms with Crippen molar-refractivity contribution in [1.29, 1.82) is 0 Å². The highest BCUT2D eigenvalue weighted by Crippen LogP contribution is 2.29. The number of rotatable bonds is 11. The second-order valence-corrected chi connectivity index (χ2v) is 8.33. The van der Waals surface area contributed by atoms with E-state index in [4.69, 9.17) is 0 Å². The van der Waals surface area contributed by atoms with Crippen LogP contribution in [0.15, 0.2) is 65.5 Å². The molecule has 2 aromatic heterocycles. The number of hydrogen-bond donors (Lipinski definition) is 1. The fraction of sp³-hybridized carbons (Fsp3) is 0.346. The fourth-order valence-corrected chi connectivity index (χ4v) is 4.04.